The fourth-order valence-electron chi connectivity index (χ4n) is 2.01. The van der Waals surface area contributed by atoms with Gasteiger partial charge in [0.05, 0.1) is 16.6 Å². The van der Waals surface area contributed by atoms with Crippen LogP contribution in [0.25, 0.3) is 0 Å². The maximum Gasteiger partial charge on any atom is 0.312 e. The molecule has 0 aromatic heterocycles. The lowest BCUT2D eigenvalue weighted by Crippen LogP contribution is -2.21. The standard InChI is InChI=1S/C16H16ClNO2/c1-11-7-8-15(14(17)9-11)18-10-13(16(19)20)12-5-3-2-4-6-12/h2-9,13,18H,10H2,1H3,(H,19,20). The summed E-state index contributed by atoms with van der Waals surface area (Å²) in [6.45, 7) is 2.25. The number of carbonyl (C=O) groups is 1. The highest BCUT2D eigenvalue weighted by atomic mass is 35.5. The number of halogens is 1. The second kappa shape index (κ2) is 6.44. The highest BCUT2D eigenvalue weighted by molar-refractivity contribution is 6.33. The molecule has 0 radical (unpaired) electrons. The average Bonchev–Trinajstić information content (AvgIpc) is 2.42. The smallest absolute Gasteiger partial charge is 0.312 e. The average molecular weight is 290 g/mol. The minimum atomic E-state index is -0.855. The number of aryl methyl sites for hydroxylation is 1. The molecular formula is C16H16ClNO2. The van der Waals surface area contributed by atoms with Gasteiger partial charge in [-0.1, -0.05) is 48.0 Å². The van der Waals surface area contributed by atoms with Gasteiger partial charge in [0.15, 0.2) is 0 Å². The van der Waals surface area contributed by atoms with Gasteiger partial charge in [0.1, 0.15) is 0 Å². The second-order valence-electron chi connectivity index (χ2n) is 4.67. The quantitative estimate of drug-likeness (QED) is 0.877. The van der Waals surface area contributed by atoms with E-state index in [1.165, 1.54) is 0 Å². The Kier molecular flexibility index (Phi) is 4.64. The lowest BCUT2D eigenvalue weighted by atomic mass is 9.99. The Balaban J connectivity index is 2.12. The molecule has 1 atom stereocenters. The molecule has 0 spiro atoms. The van der Waals surface area contributed by atoms with E-state index >= 15 is 0 Å². The van der Waals surface area contributed by atoms with Crippen LogP contribution in [0.15, 0.2) is 48.5 Å². The van der Waals surface area contributed by atoms with Gasteiger partial charge in [-0.25, -0.2) is 0 Å². The highest BCUT2D eigenvalue weighted by Gasteiger charge is 2.19. The van der Waals surface area contributed by atoms with Crippen molar-refractivity contribution in [1.82, 2.24) is 0 Å². The summed E-state index contributed by atoms with van der Waals surface area (Å²) in [5.74, 6) is -1.46. The molecule has 2 aromatic carbocycles. The van der Waals surface area contributed by atoms with Gasteiger partial charge >= 0.3 is 5.97 Å². The third-order valence-electron chi connectivity index (χ3n) is 3.12. The molecule has 2 aromatic rings. The number of rotatable bonds is 5. The minimum absolute atomic E-state index is 0.294. The first-order valence-corrected chi connectivity index (χ1v) is 6.73. The van der Waals surface area contributed by atoms with E-state index < -0.39 is 11.9 Å². The van der Waals surface area contributed by atoms with Crippen LogP contribution < -0.4 is 5.32 Å². The lowest BCUT2D eigenvalue weighted by molar-refractivity contribution is -0.138. The van der Waals surface area contributed by atoms with Crippen LogP contribution >= 0.6 is 11.6 Å². The van der Waals surface area contributed by atoms with Gasteiger partial charge in [-0.15, -0.1) is 0 Å². The molecule has 2 N–H and O–H groups in total. The lowest BCUT2D eigenvalue weighted by Gasteiger charge is -2.15. The van der Waals surface area contributed by atoms with E-state index in [0.29, 0.717) is 11.6 Å². The summed E-state index contributed by atoms with van der Waals surface area (Å²) in [6.07, 6.45) is 0. The van der Waals surface area contributed by atoms with Crippen molar-refractivity contribution in [3.63, 3.8) is 0 Å². The van der Waals surface area contributed by atoms with Crippen molar-refractivity contribution >= 4 is 23.3 Å². The summed E-state index contributed by atoms with van der Waals surface area (Å²) >= 11 is 6.13. The molecule has 0 saturated heterocycles. The van der Waals surface area contributed by atoms with Crippen LogP contribution in [-0.2, 0) is 4.79 Å². The fraction of sp³-hybridized carbons (Fsp3) is 0.188. The normalized spacial score (nSPS) is 11.9. The number of nitrogens with one attached hydrogen (secondary N) is 1. The van der Waals surface area contributed by atoms with Crippen molar-refractivity contribution < 1.29 is 9.90 Å². The first-order chi connectivity index (χ1) is 9.58. The highest BCUT2D eigenvalue weighted by Crippen LogP contribution is 2.24. The Labute approximate surface area is 123 Å². The Morgan fingerprint density at radius 1 is 1.25 bits per heavy atom. The van der Waals surface area contributed by atoms with Gasteiger partial charge in [-0.2, -0.15) is 0 Å². The van der Waals surface area contributed by atoms with Gasteiger partial charge in [0.25, 0.3) is 0 Å². The van der Waals surface area contributed by atoms with Crippen molar-refractivity contribution in [3.8, 4) is 0 Å². The van der Waals surface area contributed by atoms with E-state index in [9.17, 15) is 9.90 Å². The molecule has 0 aliphatic rings. The topological polar surface area (TPSA) is 49.3 Å². The van der Waals surface area contributed by atoms with Crippen LogP contribution in [0.2, 0.25) is 5.02 Å². The van der Waals surface area contributed by atoms with Crippen LogP contribution in [0.1, 0.15) is 17.0 Å². The predicted molar refractivity (Wildman–Crippen MR) is 81.5 cm³/mol. The fourth-order valence-corrected chi connectivity index (χ4v) is 2.31. The summed E-state index contributed by atoms with van der Waals surface area (Å²) in [7, 11) is 0. The maximum absolute atomic E-state index is 11.4. The van der Waals surface area contributed by atoms with Crippen molar-refractivity contribution in [2.24, 2.45) is 0 Å². The van der Waals surface area contributed by atoms with Gasteiger partial charge in [-0.05, 0) is 30.2 Å². The van der Waals surface area contributed by atoms with Crippen LogP contribution in [0.4, 0.5) is 5.69 Å². The zero-order chi connectivity index (χ0) is 14.5. The number of aliphatic carboxylic acids is 1. The largest absolute Gasteiger partial charge is 0.481 e. The summed E-state index contributed by atoms with van der Waals surface area (Å²) in [5.41, 5.74) is 2.59. The van der Waals surface area contributed by atoms with Gasteiger partial charge in [0, 0.05) is 6.54 Å². The molecule has 0 fully saturated rings. The molecule has 0 bridgehead atoms. The zero-order valence-electron chi connectivity index (χ0n) is 11.1. The Hall–Kier alpha value is -2.00. The van der Waals surface area contributed by atoms with Gasteiger partial charge in [0.2, 0.25) is 0 Å². The van der Waals surface area contributed by atoms with Crippen LogP contribution in [0.3, 0.4) is 0 Å². The molecule has 0 aliphatic carbocycles. The van der Waals surface area contributed by atoms with Gasteiger partial charge in [-0.3, -0.25) is 4.79 Å². The number of hydrogen-bond donors (Lipinski definition) is 2. The molecule has 4 heteroatoms. The van der Waals surface area contributed by atoms with E-state index in [-0.39, 0.29) is 0 Å². The SMILES string of the molecule is Cc1ccc(NCC(C(=O)O)c2ccccc2)c(Cl)c1. The molecule has 3 nitrogen and oxygen atoms in total. The van der Waals surface area contributed by atoms with Crippen LogP contribution in [0, 0.1) is 6.92 Å². The summed E-state index contributed by atoms with van der Waals surface area (Å²) in [4.78, 5) is 11.4. The van der Waals surface area contributed by atoms with Gasteiger partial charge < -0.3 is 10.4 Å². The van der Waals surface area contributed by atoms with Crippen LogP contribution in [-0.4, -0.2) is 17.6 Å². The monoisotopic (exact) mass is 289 g/mol. The number of hydrogen-bond acceptors (Lipinski definition) is 2. The van der Waals surface area contributed by atoms with Crippen LogP contribution in [0.5, 0.6) is 0 Å². The summed E-state index contributed by atoms with van der Waals surface area (Å²) in [6, 6.07) is 14.8. The Bertz CT molecular complexity index is 599. The van der Waals surface area contributed by atoms with E-state index in [1.807, 2.05) is 55.5 Å². The zero-order valence-corrected chi connectivity index (χ0v) is 11.9. The molecule has 0 heterocycles. The summed E-state index contributed by atoms with van der Waals surface area (Å²) < 4.78 is 0. The van der Waals surface area contributed by atoms with Crippen molar-refractivity contribution in [2.75, 3.05) is 11.9 Å². The number of carboxylic acid groups (broad SMARTS) is 1. The second-order valence-corrected chi connectivity index (χ2v) is 5.07. The van der Waals surface area contributed by atoms with E-state index in [2.05, 4.69) is 5.32 Å². The Morgan fingerprint density at radius 2 is 1.95 bits per heavy atom. The third-order valence-corrected chi connectivity index (χ3v) is 3.43. The predicted octanol–water partition coefficient (Wildman–Crippen LogP) is 3.93. The first-order valence-electron chi connectivity index (χ1n) is 6.35. The summed E-state index contributed by atoms with van der Waals surface area (Å²) in [5, 5.41) is 13.1. The molecular weight excluding hydrogens is 274 g/mol. The molecule has 0 saturated carbocycles. The number of anilines is 1. The third kappa shape index (κ3) is 3.52. The van der Waals surface area contributed by atoms with Crippen molar-refractivity contribution in [1.29, 1.82) is 0 Å². The molecule has 2 rings (SSSR count). The molecule has 104 valence electrons. The first kappa shape index (κ1) is 14.4. The van der Waals surface area contributed by atoms with Crippen molar-refractivity contribution in [3.05, 3.63) is 64.7 Å². The molecule has 0 aliphatic heterocycles. The molecule has 0 amide bonds. The molecule has 20 heavy (non-hydrogen) atoms. The van der Waals surface area contributed by atoms with Crippen molar-refractivity contribution in [2.45, 2.75) is 12.8 Å². The number of benzene rings is 2. The minimum Gasteiger partial charge on any atom is -0.481 e. The molecule has 1 unspecified atom stereocenters. The van der Waals surface area contributed by atoms with E-state index in [4.69, 9.17) is 11.6 Å². The number of carboxylic acids is 1. The van der Waals surface area contributed by atoms with E-state index in [0.717, 1.165) is 16.8 Å². The Morgan fingerprint density at radius 3 is 2.55 bits per heavy atom. The maximum atomic E-state index is 11.4. The van der Waals surface area contributed by atoms with E-state index in [1.54, 1.807) is 0 Å².